The van der Waals surface area contributed by atoms with Crippen molar-refractivity contribution in [1.29, 1.82) is 0 Å². The number of hydrogen-bond acceptors (Lipinski definition) is 6. The third-order valence-corrected chi connectivity index (χ3v) is 4.19. The summed E-state index contributed by atoms with van der Waals surface area (Å²) in [7, 11) is 2.01. The molecule has 0 fully saturated rings. The van der Waals surface area contributed by atoms with Gasteiger partial charge in [0.2, 0.25) is 5.89 Å². The molecule has 2 aromatic heterocycles. The summed E-state index contributed by atoms with van der Waals surface area (Å²) in [6, 6.07) is 12.0. The Labute approximate surface area is 139 Å². The van der Waals surface area contributed by atoms with Crippen LogP contribution in [0.15, 0.2) is 46.2 Å². The number of benzene rings is 1. The van der Waals surface area contributed by atoms with Gasteiger partial charge < -0.3 is 9.15 Å². The van der Waals surface area contributed by atoms with E-state index in [1.165, 1.54) is 5.56 Å². The van der Waals surface area contributed by atoms with Gasteiger partial charge in [0.1, 0.15) is 12.4 Å². The van der Waals surface area contributed by atoms with Crippen LogP contribution in [0.5, 0.6) is 5.75 Å². The van der Waals surface area contributed by atoms with Crippen LogP contribution in [0.2, 0.25) is 0 Å². The molecule has 0 radical (unpaired) electrons. The van der Waals surface area contributed by atoms with E-state index in [-0.39, 0.29) is 0 Å². The number of thiophene rings is 1. The highest BCUT2D eigenvalue weighted by atomic mass is 32.1. The van der Waals surface area contributed by atoms with E-state index in [0.717, 1.165) is 17.2 Å². The van der Waals surface area contributed by atoms with Crippen LogP contribution in [0.3, 0.4) is 0 Å². The van der Waals surface area contributed by atoms with Crippen LogP contribution in [0.1, 0.15) is 11.5 Å². The van der Waals surface area contributed by atoms with Gasteiger partial charge in [-0.15, -0.1) is 21.5 Å². The van der Waals surface area contributed by atoms with Gasteiger partial charge in [-0.25, -0.2) is 0 Å². The molecule has 0 bridgehead atoms. The van der Waals surface area contributed by atoms with Crippen LogP contribution >= 0.6 is 11.3 Å². The summed E-state index contributed by atoms with van der Waals surface area (Å²) >= 11 is 1.59. The fourth-order valence-corrected chi connectivity index (χ4v) is 2.80. The van der Waals surface area contributed by atoms with E-state index in [2.05, 4.69) is 28.1 Å². The summed E-state index contributed by atoms with van der Waals surface area (Å²) in [6.45, 7) is 4.06. The minimum Gasteiger partial charge on any atom is -0.492 e. The van der Waals surface area contributed by atoms with Crippen LogP contribution in [0.4, 0.5) is 0 Å². The Morgan fingerprint density at radius 2 is 2.13 bits per heavy atom. The molecule has 120 valence electrons. The number of ether oxygens (including phenoxy) is 1. The van der Waals surface area contributed by atoms with Gasteiger partial charge in [0.25, 0.3) is 5.89 Å². The summed E-state index contributed by atoms with van der Waals surface area (Å²) in [4.78, 5) is 3.09. The first-order valence-electron chi connectivity index (χ1n) is 7.45. The van der Waals surface area contributed by atoms with Gasteiger partial charge in [-0.2, -0.15) is 0 Å². The van der Waals surface area contributed by atoms with Crippen LogP contribution in [0.25, 0.3) is 10.8 Å². The summed E-state index contributed by atoms with van der Waals surface area (Å²) < 4.78 is 11.4. The fraction of sp³-hybridized carbons (Fsp3) is 0.294. The summed E-state index contributed by atoms with van der Waals surface area (Å²) in [6.07, 6.45) is 0. The van der Waals surface area contributed by atoms with Crippen LogP contribution in [-0.4, -0.2) is 35.3 Å². The van der Waals surface area contributed by atoms with E-state index in [4.69, 9.17) is 9.15 Å². The Balaban J connectivity index is 1.47. The molecule has 0 saturated heterocycles. The number of hydrogen-bond donors (Lipinski definition) is 0. The summed E-state index contributed by atoms with van der Waals surface area (Å²) in [5.74, 6) is 2.10. The zero-order valence-corrected chi connectivity index (χ0v) is 14.0. The Bertz CT molecular complexity index is 740. The van der Waals surface area contributed by atoms with Gasteiger partial charge in [-0.1, -0.05) is 18.2 Å². The van der Waals surface area contributed by atoms with Gasteiger partial charge >= 0.3 is 0 Å². The monoisotopic (exact) mass is 329 g/mol. The lowest BCUT2D eigenvalue weighted by Crippen LogP contribution is -2.24. The second-order valence-electron chi connectivity index (χ2n) is 5.38. The molecule has 3 aromatic rings. The van der Waals surface area contributed by atoms with Crippen molar-refractivity contribution < 1.29 is 9.15 Å². The van der Waals surface area contributed by atoms with Crippen LogP contribution in [0, 0.1) is 6.92 Å². The molecule has 0 aliphatic carbocycles. The summed E-state index contributed by atoms with van der Waals surface area (Å²) in [5.41, 5.74) is 1.20. The maximum atomic E-state index is 5.75. The SMILES string of the molecule is Cc1cccc(OCCN(C)Cc2nnc(-c3cccs3)o2)c1. The van der Waals surface area contributed by atoms with Crippen molar-refractivity contribution in [2.24, 2.45) is 0 Å². The molecule has 3 rings (SSSR count). The van der Waals surface area contributed by atoms with E-state index >= 15 is 0 Å². The number of likely N-dealkylation sites (N-methyl/N-ethyl adjacent to an activating group) is 1. The van der Waals surface area contributed by atoms with E-state index in [1.807, 2.05) is 42.8 Å². The van der Waals surface area contributed by atoms with E-state index < -0.39 is 0 Å². The zero-order chi connectivity index (χ0) is 16.1. The van der Waals surface area contributed by atoms with E-state index in [9.17, 15) is 0 Å². The number of nitrogens with zero attached hydrogens (tertiary/aromatic N) is 3. The Kier molecular flexibility index (Phi) is 5.05. The van der Waals surface area contributed by atoms with Crippen molar-refractivity contribution in [3.8, 4) is 16.5 Å². The second kappa shape index (κ2) is 7.39. The molecule has 2 heterocycles. The highest BCUT2D eigenvalue weighted by Crippen LogP contribution is 2.23. The first-order chi connectivity index (χ1) is 11.2. The van der Waals surface area contributed by atoms with Gasteiger partial charge in [0.05, 0.1) is 11.4 Å². The smallest absolute Gasteiger partial charge is 0.257 e. The van der Waals surface area contributed by atoms with Gasteiger partial charge in [0, 0.05) is 6.54 Å². The Morgan fingerprint density at radius 1 is 1.22 bits per heavy atom. The third-order valence-electron chi connectivity index (χ3n) is 3.34. The molecule has 0 N–H and O–H groups in total. The van der Waals surface area contributed by atoms with Gasteiger partial charge in [-0.05, 0) is 43.1 Å². The van der Waals surface area contributed by atoms with Crippen molar-refractivity contribution in [3.05, 3.63) is 53.2 Å². The first kappa shape index (κ1) is 15.7. The lowest BCUT2D eigenvalue weighted by atomic mass is 10.2. The molecule has 5 nitrogen and oxygen atoms in total. The molecule has 1 aromatic carbocycles. The predicted octanol–water partition coefficient (Wildman–Crippen LogP) is 3.62. The number of rotatable bonds is 7. The quantitative estimate of drug-likeness (QED) is 0.663. The Hall–Kier alpha value is -2.18. The third kappa shape index (κ3) is 4.40. The largest absolute Gasteiger partial charge is 0.492 e. The normalized spacial score (nSPS) is 11.1. The maximum Gasteiger partial charge on any atom is 0.257 e. The highest BCUT2D eigenvalue weighted by Gasteiger charge is 2.11. The summed E-state index contributed by atoms with van der Waals surface area (Å²) in [5, 5.41) is 10.2. The molecule has 0 aliphatic rings. The second-order valence-corrected chi connectivity index (χ2v) is 6.33. The zero-order valence-electron chi connectivity index (χ0n) is 13.2. The number of aromatic nitrogens is 2. The lowest BCUT2D eigenvalue weighted by molar-refractivity contribution is 0.220. The van der Waals surface area contributed by atoms with Crippen molar-refractivity contribution in [2.75, 3.05) is 20.2 Å². The van der Waals surface area contributed by atoms with Crippen molar-refractivity contribution in [3.63, 3.8) is 0 Å². The van der Waals surface area contributed by atoms with E-state index in [0.29, 0.717) is 24.9 Å². The average Bonchev–Trinajstić information content (AvgIpc) is 3.18. The first-order valence-corrected chi connectivity index (χ1v) is 8.33. The molecule has 23 heavy (non-hydrogen) atoms. The topological polar surface area (TPSA) is 51.4 Å². The minimum atomic E-state index is 0.583. The van der Waals surface area contributed by atoms with Gasteiger partial charge in [-0.3, -0.25) is 4.90 Å². The molecule has 0 unspecified atom stereocenters. The molecule has 6 heteroatoms. The minimum absolute atomic E-state index is 0.583. The fourth-order valence-electron chi connectivity index (χ4n) is 2.15. The maximum absolute atomic E-state index is 5.75. The van der Waals surface area contributed by atoms with E-state index in [1.54, 1.807) is 11.3 Å². The van der Waals surface area contributed by atoms with Crippen molar-refractivity contribution in [2.45, 2.75) is 13.5 Å². The van der Waals surface area contributed by atoms with Crippen molar-refractivity contribution in [1.82, 2.24) is 15.1 Å². The molecule has 0 saturated carbocycles. The Morgan fingerprint density at radius 3 is 2.91 bits per heavy atom. The van der Waals surface area contributed by atoms with Crippen LogP contribution in [-0.2, 0) is 6.54 Å². The molecule has 0 aliphatic heterocycles. The molecule has 0 spiro atoms. The number of aryl methyl sites for hydroxylation is 1. The molecular formula is C17H19N3O2S. The average molecular weight is 329 g/mol. The molecular weight excluding hydrogens is 310 g/mol. The predicted molar refractivity (Wildman–Crippen MR) is 90.6 cm³/mol. The van der Waals surface area contributed by atoms with Gasteiger partial charge in [0.15, 0.2) is 0 Å². The molecule has 0 amide bonds. The standard InChI is InChI=1S/C17H19N3O2S/c1-13-5-3-6-14(11-13)21-9-8-20(2)12-16-18-19-17(22-16)15-7-4-10-23-15/h3-7,10-11H,8-9,12H2,1-2H3. The van der Waals surface area contributed by atoms with Crippen LogP contribution < -0.4 is 4.74 Å². The molecule has 0 atom stereocenters. The van der Waals surface area contributed by atoms with Crippen molar-refractivity contribution >= 4 is 11.3 Å². The lowest BCUT2D eigenvalue weighted by Gasteiger charge is -2.14. The highest BCUT2D eigenvalue weighted by molar-refractivity contribution is 7.13.